The highest BCUT2D eigenvalue weighted by atomic mass is 32.2. The molecular weight excluding hydrogens is 414 g/mol. The Balaban J connectivity index is 1.75. The average molecular weight is 429 g/mol. The molecule has 0 saturated heterocycles. The van der Waals surface area contributed by atoms with Gasteiger partial charge in [-0.05, 0) is 48.2 Å². The van der Waals surface area contributed by atoms with Crippen molar-refractivity contribution in [2.45, 2.75) is 11.8 Å². The molecule has 0 fully saturated rings. The molecule has 0 aliphatic rings. The average Bonchev–Trinajstić information content (AvgIpc) is 3.34. The molecule has 2 heterocycles. The standard InChI is InChI=1S/C20H15NO6S2/c1-12-7-8-16-14(11-12)21-19(26-16)13-5-3-4-6-15(13)27-29(23,24)17-9-10-28-18(17)20(22)25-2/h3-11H,1-2H3. The summed E-state index contributed by atoms with van der Waals surface area (Å²) in [5.74, 6) is -0.475. The molecule has 2 aromatic heterocycles. The Morgan fingerprint density at radius 1 is 1.14 bits per heavy atom. The van der Waals surface area contributed by atoms with E-state index in [1.807, 2.05) is 19.1 Å². The maximum atomic E-state index is 12.8. The summed E-state index contributed by atoms with van der Waals surface area (Å²) in [6, 6.07) is 13.4. The van der Waals surface area contributed by atoms with Crippen LogP contribution < -0.4 is 4.18 Å². The maximum absolute atomic E-state index is 12.8. The quantitative estimate of drug-likeness (QED) is 0.342. The van der Waals surface area contributed by atoms with Crippen LogP contribution in [0.25, 0.3) is 22.6 Å². The molecule has 0 bridgehead atoms. The van der Waals surface area contributed by atoms with Crippen molar-refractivity contribution in [1.82, 2.24) is 4.98 Å². The van der Waals surface area contributed by atoms with Crippen molar-refractivity contribution in [2.75, 3.05) is 7.11 Å². The number of thiophene rings is 1. The number of carbonyl (C=O) groups excluding carboxylic acids is 1. The predicted octanol–water partition coefficient (Wildman–Crippen LogP) is 4.42. The molecule has 0 atom stereocenters. The van der Waals surface area contributed by atoms with Crippen molar-refractivity contribution in [3.63, 3.8) is 0 Å². The molecule has 0 aliphatic carbocycles. The lowest BCUT2D eigenvalue weighted by Gasteiger charge is -2.09. The first kappa shape index (κ1) is 19.2. The normalized spacial score (nSPS) is 11.5. The third-order valence-corrected chi connectivity index (χ3v) is 6.43. The second-order valence-electron chi connectivity index (χ2n) is 6.13. The zero-order chi connectivity index (χ0) is 20.6. The molecule has 0 amide bonds. The highest BCUT2D eigenvalue weighted by Gasteiger charge is 2.28. The molecule has 4 rings (SSSR count). The summed E-state index contributed by atoms with van der Waals surface area (Å²) in [5.41, 5.74) is 2.63. The van der Waals surface area contributed by atoms with Crippen LogP contribution >= 0.6 is 11.3 Å². The zero-order valence-corrected chi connectivity index (χ0v) is 17.0. The second kappa shape index (κ2) is 7.34. The number of rotatable bonds is 5. The van der Waals surface area contributed by atoms with Gasteiger partial charge < -0.3 is 13.3 Å². The van der Waals surface area contributed by atoms with Crippen LogP contribution in [-0.2, 0) is 14.9 Å². The van der Waals surface area contributed by atoms with Crippen LogP contribution in [0.15, 0.2) is 63.2 Å². The highest BCUT2D eigenvalue weighted by Crippen LogP contribution is 2.34. The van der Waals surface area contributed by atoms with Gasteiger partial charge >= 0.3 is 16.1 Å². The first-order valence-corrected chi connectivity index (χ1v) is 10.7. The molecule has 0 aliphatic heterocycles. The van der Waals surface area contributed by atoms with Crippen LogP contribution in [0, 0.1) is 6.92 Å². The lowest BCUT2D eigenvalue weighted by Crippen LogP contribution is -2.13. The molecule has 0 unspecified atom stereocenters. The number of carbonyl (C=O) groups is 1. The first-order chi connectivity index (χ1) is 13.9. The minimum absolute atomic E-state index is 0.0396. The van der Waals surface area contributed by atoms with E-state index < -0.39 is 16.1 Å². The third-order valence-electron chi connectivity index (χ3n) is 4.13. The van der Waals surface area contributed by atoms with Crippen LogP contribution in [0.2, 0.25) is 0 Å². The van der Waals surface area contributed by atoms with Gasteiger partial charge in [-0.2, -0.15) is 8.42 Å². The van der Waals surface area contributed by atoms with Gasteiger partial charge in [-0.1, -0.05) is 18.2 Å². The molecule has 7 nitrogen and oxygen atoms in total. The molecule has 9 heteroatoms. The van der Waals surface area contributed by atoms with Crippen molar-refractivity contribution in [2.24, 2.45) is 0 Å². The van der Waals surface area contributed by atoms with Gasteiger partial charge in [0.05, 0.1) is 12.7 Å². The lowest BCUT2D eigenvalue weighted by atomic mass is 10.2. The van der Waals surface area contributed by atoms with E-state index in [9.17, 15) is 13.2 Å². The summed E-state index contributed by atoms with van der Waals surface area (Å²) < 4.78 is 41.4. The van der Waals surface area contributed by atoms with Crippen molar-refractivity contribution in [3.05, 3.63) is 64.4 Å². The smallest absolute Gasteiger partial charge is 0.349 e. The summed E-state index contributed by atoms with van der Waals surface area (Å²) in [6.07, 6.45) is 0. The topological polar surface area (TPSA) is 95.7 Å². The van der Waals surface area contributed by atoms with Gasteiger partial charge in [0.1, 0.15) is 15.3 Å². The van der Waals surface area contributed by atoms with Crippen LogP contribution in [0.5, 0.6) is 5.75 Å². The van der Waals surface area contributed by atoms with Crippen LogP contribution in [-0.4, -0.2) is 26.5 Å². The molecule has 0 saturated carbocycles. The Hall–Kier alpha value is -3.17. The number of fused-ring (bicyclic) bond motifs is 1. The number of ether oxygens (including phenoxy) is 1. The first-order valence-electron chi connectivity index (χ1n) is 8.46. The Bertz CT molecular complexity index is 1320. The zero-order valence-electron chi connectivity index (χ0n) is 15.4. The fraction of sp³-hybridized carbons (Fsp3) is 0.100. The van der Waals surface area contributed by atoms with Gasteiger partial charge in [0, 0.05) is 0 Å². The molecule has 4 aromatic rings. The summed E-state index contributed by atoms with van der Waals surface area (Å²) in [4.78, 5) is 16.0. The number of aromatic nitrogens is 1. The van der Waals surface area contributed by atoms with E-state index in [1.165, 1.54) is 24.6 Å². The number of hydrogen-bond donors (Lipinski definition) is 0. The molecule has 0 N–H and O–H groups in total. The Labute approximate surface area is 170 Å². The van der Waals surface area contributed by atoms with Crippen LogP contribution in [0.4, 0.5) is 0 Å². The molecule has 2 aromatic carbocycles. The number of para-hydroxylation sites is 1. The van der Waals surface area contributed by atoms with E-state index in [1.54, 1.807) is 24.3 Å². The predicted molar refractivity (Wildman–Crippen MR) is 108 cm³/mol. The number of esters is 1. The second-order valence-corrected chi connectivity index (χ2v) is 8.56. The summed E-state index contributed by atoms with van der Waals surface area (Å²) >= 11 is 0.960. The minimum atomic E-state index is -4.28. The van der Waals surface area contributed by atoms with Gasteiger partial charge in [0.25, 0.3) is 0 Å². The van der Waals surface area contributed by atoms with E-state index in [4.69, 9.17) is 8.60 Å². The van der Waals surface area contributed by atoms with Gasteiger partial charge in [0.15, 0.2) is 11.3 Å². The molecular formula is C20H15NO6S2. The lowest BCUT2D eigenvalue weighted by molar-refractivity contribution is 0.0602. The van der Waals surface area contributed by atoms with E-state index >= 15 is 0 Å². The van der Waals surface area contributed by atoms with Gasteiger partial charge in [-0.15, -0.1) is 11.3 Å². The summed E-state index contributed by atoms with van der Waals surface area (Å²) in [5, 5.41) is 1.48. The van der Waals surface area contributed by atoms with Crippen molar-refractivity contribution in [3.8, 4) is 17.2 Å². The SMILES string of the molecule is COC(=O)c1sccc1S(=O)(=O)Oc1ccccc1-c1nc2cc(C)ccc2o1. The minimum Gasteiger partial charge on any atom is -0.465 e. The number of oxazole rings is 1. The van der Waals surface area contributed by atoms with Gasteiger partial charge in [0.2, 0.25) is 5.89 Å². The number of aryl methyl sites for hydroxylation is 1. The van der Waals surface area contributed by atoms with Gasteiger partial charge in [-0.25, -0.2) is 9.78 Å². The monoisotopic (exact) mass is 429 g/mol. The van der Waals surface area contributed by atoms with Crippen molar-refractivity contribution >= 4 is 38.5 Å². The van der Waals surface area contributed by atoms with E-state index in [0.29, 0.717) is 16.7 Å². The van der Waals surface area contributed by atoms with Crippen LogP contribution in [0.3, 0.4) is 0 Å². The highest BCUT2D eigenvalue weighted by molar-refractivity contribution is 7.87. The van der Waals surface area contributed by atoms with Crippen molar-refractivity contribution in [1.29, 1.82) is 0 Å². The Morgan fingerprint density at radius 3 is 2.72 bits per heavy atom. The molecule has 29 heavy (non-hydrogen) atoms. The molecule has 0 spiro atoms. The summed E-state index contributed by atoms with van der Waals surface area (Å²) in [7, 11) is -3.10. The summed E-state index contributed by atoms with van der Waals surface area (Å²) in [6.45, 7) is 1.94. The molecule has 148 valence electrons. The molecule has 0 radical (unpaired) electrons. The Morgan fingerprint density at radius 2 is 1.93 bits per heavy atom. The number of benzene rings is 2. The van der Waals surface area contributed by atoms with E-state index in [-0.39, 0.29) is 21.4 Å². The van der Waals surface area contributed by atoms with Crippen molar-refractivity contribution < 1.29 is 26.5 Å². The van der Waals surface area contributed by atoms with E-state index in [0.717, 1.165) is 16.9 Å². The van der Waals surface area contributed by atoms with E-state index in [2.05, 4.69) is 9.72 Å². The fourth-order valence-electron chi connectivity index (χ4n) is 2.77. The maximum Gasteiger partial charge on any atom is 0.349 e. The third kappa shape index (κ3) is 3.62. The fourth-order valence-corrected chi connectivity index (χ4v) is 5.02. The Kier molecular flexibility index (Phi) is 4.85. The van der Waals surface area contributed by atoms with Gasteiger partial charge in [-0.3, -0.25) is 0 Å². The number of methoxy groups -OCH3 is 1. The largest absolute Gasteiger partial charge is 0.465 e. The number of nitrogens with zero attached hydrogens (tertiary/aromatic N) is 1. The van der Waals surface area contributed by atoms with Crippen LogP contribution in [0.1, 0.15) is 15.2 Å². The number of hydrogen-bond acceptors (Lipinski definition) is 8.